The molecule has 0 aliphatic carbocycles. The minimum Gasteiger partial charge on any atom is -0.495 e. The topological polar surface area (TPSA) is 41.6 Å². The molecule has 1 N–H and O–H groups in total. The highest BCUT2D eigenvalue weighted by Gasteiger charge is 2.21. The maximum absolute atomic E-state index is 12.2. The van der Waals surface area contributed by atoms with Crippen molar-refractivity contribution in [2.45, 2.75) is 25.0 Å². The van der Waals surface area contributed by atoms with E-state index in [4.69, 9.17) is 28.6 Å². The Bertz CT molecular complexity index is 562. The largest absolute Gasteiger partial charge is 0.495 e. The Hall–Kier alpha value is -0.980. The van der Waals surface area contributed by atoms with Crippen LogP contribution in [0.1, 0.15) is 19.8 Å². The van der Waals surface area contributed by atoms with E-state index in [1.54, 1.807) is 25.3 Å². The van der Waals surface area contributed by atoms with Gasteiger partial charge in [0.05, 0.1) is 17.4 Å². The number of thiocarbonyl (C=S) groups is 1. The summed E-state index contributed by atoms with van der Waals surface area (Å²) in [5.41, 5.74) is 0.648. The second-order valence-electron chi connectivity index (χ2n) is 5.06. The first kappa shape index (κ1) is 17.4. The van der Waals surface area contributed by atoms with Gasteiger partial charge in [0.2, 0.25) is 5.91 Å². The molecule has 1 amide bonds. The van der Waals surface area contributed by atoms with Crippen LogP contribution in [0.3, 0.4) is 0 Å². The molecule has 22 heavy (non-hydrogen) atoms. The first-order valence-electron chi connectivity index (χ1n) is 7.11. The number of thioether (sulfide) groups is 1. The van der Waals surface area contributed by atoms with Gasteiger partial charge >= 0.3 is 0 Å². The van der Waals surface area contributed by atoms with Crippen molar-refractivity contribution in [3.05, 3.63) is 23.2 Å². The van der Waals surface area contributed by atoms with E-state index in [1.165, 1.54) is 24.6 Å². The molecule has 1 aliphatic heterocycles. The number of halogens is 1. The predicted octanol–water partition coefficient (Wildman–Crippen LogP) is 3.79. The first-order valence-corrected chi connectivity index (χ1v) is 8.78. The minimum atomic E-state index is -0.256. The molecule has 120 valence electrons. The molecule has 2 rings (SSSR count). The van der Waals surface area contributed by atoms with E-state index >= 15 is 0 Å². The number of benzene rings is 1. The van der Waals surface area contributed by atoms with Crippen molar-refractivity contribution >= 4 is 51.5 Å². The summed E-state index contributed by atoms with van der Waals surface area (Å²) in [6.45, 7) is 3.84. The van der Waals surface area contributed by atoms with Crippen LogP contribution in [0.4, 0.5) is 5.69 Å². The number of nitrogens with one attached hydrogen (secondary N) is 1. The lowest BCUT2D eigenvalue weighted by Crippen LogP contribution is -2.29. The fourth-order valence-electron chi connectivity index (χ4n) is 2.17. The van der Waals surface area contributed by atoms with Gasteiger partial charge in [0.25, 0.3) is 0 Å². The number of methoxy groups -OCH3 is 1. The number of rotatable bonds is 4. The van der Waals surface area contributed by atoms with Gasteiger partial charge in [0.15, 0.2) is 0 Å². The van der Waals surface area contributed by atoms with Gasteiger partial charge in [0, 0.05) is 18.8 Å². The molecule has 0 saturated carbocycles. The lowest BCUT2D eigenvalue weighted by atomic mass is 10.3. The van der Waals surface area contributed by atoms with Crippen molar-refractivity contribution < 1.29 is 9.53 Å². The molecule has 1 aromatic carbocycles. The summed E-state index contributed by atoms with van der Waals surface area (Å²) in [5.74, 6) is 0.491. The standard InChI is InChI=1S/C15H19ClN2O2S2/c1-10(22-15(21)18-7-3-4-8-18)14(19)17-11-5-6-13(20-2)12(16)9-11/h5-6,9-10H,3-4,7-8H2,1-2H3,(H,17,19)/t10-/m1/s1. The van der Waals surface area contributed by atoms with E-state index in [0.717, 1.165) is 17.4 Å². The molecule has 1 aromatic rings. The zero-order valence-corrected chi connectivity index (χ0v) is 15.0. The Kier molecular flexibility index (Phi) is 6.35. The molecule has 0 unspecified atom stereocenters. The fourth-order valence-corrected chi connectivity index (χ4v) is 3.84. The van der Waals surface area contributed by atoms with E-state index in [1.807, 2.05) is 6.92 Å². The summed E-state index contributed by atoms with van der Waals surface area (Å²) >= 11 is 12.9. The monoisotopic (exact) mass is 358 g/mol. The van der Waals surface area contributed by atoms with Gasteiger partial charge in [-0.3, -0.25) is 4.79 Å². The van der Waals surface area contributed by atoms with Crippen LogP contribution < -0.4 is 10.1 Å². The zero-order chi connectivity index (χ0) is 16.1. The van der Waals surface area contributed by atoms with E-state index in [9.17, 15) is 4.79 Å². The molecule has 1 atom stereocenters. The number of nitrogens with zero attached hydrogens (tertiary/aromatic N) is 1. The van der Waals surface area contributed by atoms with E-state index in [2.05, 4.69) is 10.2 Å². The van der Waals surface area contributed by atoms with Crippen molar-refractivity contribution in [3.63, 3.8) is 0 Å². The number of ether oxygens (including phenoxy) is 1. The van der Waals surface area contributed by atoms with Crippen LogP contribution in [-0.4, -0.2) is 40.6 Å². The number of carbonyl (C=O) groups excluding carboxylic acids is 1. The second-order valence-corrected chi connectivity index (χ2v) is 7.44. The minimum absolute atomic E-state index is 0.0900. The smallest absolute Gasteiger partial charge is 0.237 e. The maximum atomic E-state index is 12.2. The van der Waals surface area contributed by atoms with Crippen LogP contribution in [0.5, 0.6) is 5.75 Å². The van der Waals surface area contributed by atoms with Gasteiger partial charge in [-0.1, -0.05) is 35.6 Å². The summed E-state index contributed by atoms with van der Waals surface area (Å²) in [6, 6.07) is 5.16. The molecule has 0 spiro atoms. The van der Waals surface area contributed by atoms with Gasteiger partial charge < -0.3 is 15.0 Å². The lowest BCUT2D eigenvalue weighted by Gasteiger charge is -2.20. The van der Waals surface area contributed by atoms with Gasteiger partial charge in [0.1, 0.15) is 10.1 Å². The molecular weight excluding hydrogens is 340 g/mol. The Morgan fingerprint density at radius 2 is 2.14 bits per heavy atom. The molecular formula is C15H19ClN2O2S2. The highest BCUT2D eigenvalue weighted by molar-refractivity contribution is 8.23. The predicted molar refractivity (Wildman–Crippen MR) is 97.1 cm³/mol. The Balaban J connectivity index is 1.90. The molecule has 0 aromatic heterocycles. The molecule has 0 radical (unpaired) electrons. The van der Waals surface area contributed by atoms with Gasteiger partial charge in [-0.2, -0.15) is 0 Å². The fraction of sp³-hybridized carbons (Fsp3) is 0.467. The maximum Gasteiger partial charge on any atom is 0.237 e. The Morgan fingerprint density at radius 3 is 2.73 bits per heavy atom. The van der Waals surface area contributed by atoms with Crippen molar-refractivity contribution in [3.8, 4) is 5.75 Å². The summed E-state index contributed by atoms with van der Waals surface area (Å²) in [4.78, 5) is 14.4. The van der Waals surface area contributed by atoms with Crippen LogP contribution in [0, 0.1) is 0 Å². The van der Waals surface area contributed by atoms with Crippen LogP contribution >= 0.6 is 35.6 Å². The van der Waals surface area contributed by atoms with E-state index in [0.29, 0.717) is 16.5 Å². The Labute approximate surface area is 145 Å². The molecule has 4 nitrogen and oxygen atoms in total. The van der Waals surface area contributed by atoms with Crippen molar-refractivity contribution in [1.29, 1.82) is 0 Å². The summed E-state index contributed by atoms with van der Waals surface area (Å²) in [6.07, 6.45) is 2.34. The average molecular weight is 359 g/mol. The number of carbonyl (C=O) groups is 1. The second kappa shape index (κ2) is 8.04. The summed E-state index contributed by atoms with van der Waals surface area (Å²) in [5, 5.41) is 3.06. The van der Waals surface area contributed by atoms with Crippen molar-refractivity contribution in [1.82, 2.24) is 4.90 Å². The van der Waals surface area contributed by atoms with Crippen molar-refractivity contribution in [2.75, 3.05) is 25.5 Å². The average Bonchev–Trinajstić information content (AvgIpc) is 3.01. The highest BCUT2D eigenvalue weighted by atomic mass is 35.5. The van der Waals surface area contributed by atoms with Crippen LogP contribution in [0.25, 0.3) is 0 Å². The van der Waals surface area contributed by atoms with Crippen LogP contribution in [-0.2, 0) is 4.79 Å². The zero-order valence-electron chi connectivity index (χ0n) is 12.6. The molecule has 1 fully saturated rings. The lowest BCUT2D eigenvalue weighted by molar-refractivity contribution is -0.115. The quantitative estimate of drug-likeness (QED) is 0.829. The number of anilines is 1. The third kappa shape index (κ3) is 4.51. The van der Waals surface area contributed by atoms with Crippen LogP contribution in [0.15, 0.2) is 18.2 Å². The van der Waals surface area contributed by atoms with E-state index in [-0.39, 0.29) is 11.2 Å². The third-order valence-corrected chi connectivity index (χ3v) is 5.30. The summed E-state index contributed by atoms with van der Waals surface area (Å²) in [7, 11) is 1.55. The molecule has 7 heteroatoms. The number of likely N-dealkylation sites (tertiary alicyclic amines) is 1. The van der Waals surface area contributed by atoms with Crippen molar-refractivity contribution in [2.24, 2.45) is 0 Å². The normalized spacial score (nSPS) is 15.5. The van der Waals surface area contributed by atoms with E-state index < -0.39 is 0 Å². The molecule has 1 heterocycles. The van der Waals surface area contributed by atoms with Gasteiger partial charge in [-0.25, -0.2) is 0 Å². The van der Waals surface area contributed by atoms with Gasteiger partial charge in [-0.15, -0.1) is 0 Å². The molecule has 1 saturated heterocycles. The van der Waals surface area contributed by atoms with Gasteiger partial charge in [-0.05, 0) is 38.0 Å². The molecule has 0 bridgehead atoms. The Morgan fingerprint density at radius 1 is 1.45 bits per heavy atom. The summed E-state index contributed by atoms with van der Waals surface area (Å²) < 4.78 is 5.89. The van der Waals surface area contributed by atoms with Crippen LogP contribution in [0.2, 0.25) is 5.02 Å². The molecule has 1 aliphatic rings. The number of hydrogen-bond acceptors (Lipinski definition) is 4. The first-order chi connectivity index (χ1) is 10.5. The third-order valence-electron chi connectivity index (χ3n) is 3.43. The highest BCUT2D eigenvalue weighted by Crippen LogP contribution is 2.28. The number of hydrogen-bond donors (Lipinski definition) is 1. The number of amides is 1. The SMILES string of the molecule is COc1ccc(NC(=O)[C@@H](C)SC(=S)N2CCCC2)cc1Cl.